The molecule has 18 heavy (non-hydrogen) atoms. The Kier molecular flexibility index (Phi) is 6.38. The van der Waals surface area contributed by atoms with E-state index in [1.807, 2.05) is 13.8 Å². The molecule has 5 nitrogen and oxygen atoms in total. The number of carbonyl (C=O) groups excluding carboxylic acids is 1. The van der Waals surface area contributed by atoms with Crippen LogP contribution in [0.15, 0.2) is 16.7 Å². The van der Waals surface area contributed by atoms with Gasteiger partial charge in [0.2, 0.25) is 0 Å². The minimum atomic E-state index is -0.382. The molecule has 0 saturated carbocycles. The summed E-state index contributed by atoms with van der Waals surface area (Å²) in [6, 6.07) is 1.71. The van der Waals surface area contributed by atoms with Gasteiger partial charge in [0, 0.05) is 23.9 Å². The van der Waals surface area contributed by atoms with E-state index in [1.54, 1.807) is 16.8 Å². The van der Waals surface area contributed by atoms with Crippen LogP contribution in [0.5, 0.6) is 0 Å². The van der Waals surface area contributed by atoms with Crippen LogP contribution in [0, 0.1) is 0 Å². The van der Waals surface area contributed by atoms with Crippen LogP contribution in [0.25, 0.3) is 0 Å². The smallest absolute Gasteiger partial charge is 0.354 e. The summed E-state index contributed by atoms with van der Waals surface area (Å²) in [4.78, 5) is 11.6. The van der Waals surface area contributed by atoms with Gasteiger partial charge in [-0.25, -0.2) is 4.79 Å². The van der Waals surface area contributed by atoms with Gasteiger partial charge in [0.25, 0.3) is 0 Å². The second kappa shape index (κ2) is 7.56. The van der Waals surface area contributed by atoms with Crippen molar-refractivity contribution in [3.63, 3.8) is 0 Å². The molecule has 0 aliphatic carbocycles. The molecule has 1 aromatic rings. The predicted octanol–water partition coefficient (Wildman–Crippen LogP) is 2.44. The quantitative estimate of drug-likeness (QED) is 0.572. The Morgan fingerprint density at radius 2 is 2.00 bits per heavy atom. The number of aromatic nitrogens is 1. The van der Waals surface area contributed by atoms with E-state index in [9.17, 15) is 4.79 Å². The Morgan fingerprint density at radius 3 is 2.50 bits per heavy atom. The van der Waals surface area contributed by atoms with Gasteiger partial charge in [0.1, 0.15) is 5.69 Å². The molecule has 0 saturated heterocycles. The number of methoxy groups -OCH3 is 1. The highest BCUT2D eigenvalue weighted by Crippen LogP contribution is 2.17. The highest BCUT2D eigenvalue weighted by atomic mass is 79.9. The van der Waals surface area contributed by atoms with Crippen molar-refractivity contribution in [1.29, 1.82) is 0 Å². The first-order valence-electron chi connectivity index (χ1n) is 5.79. The Labute approximate surface area is 115 Å². The Hall–Kier alpha value is -0.850. The second-order valence-corrected chi connectivity index (χ2v) is 4.44. The zero-order valence-corrected chi connectivity index (χ0v) is 12.4. The van der Waals surface area contributed by atoms with Crippen molar-refractivity contribution in [2.45, 2.75) is 26.7 Å². The van der Waals surface area contributed by atoms with E-state index in [4.69, 9.17) is 14.2 Å². The summed E-state index contributed by atoms with van der Waals surface area (Å²) < 4.78 is 18.2. The third kappa shape index (κ3) is 4.12. The van der Waals surface area contributed by atoms with Crippen molar-refractivity contribution in [1.82, 2.24) is 4.57 Å². The zero-order chi connectivity index (χ0) is 13.5. The van der Waals surface area contributed by atoms with Gasteiger partial charge in [-0.3, -0.25) is 0 Å². The summed E-state index contributed by atoms with van der Waals surface area (Å²) >= 11 is 3.34. The van der Waals surface area contributed by atoms with Crippen LogP contribution in [-0.2, 0) is 20.8 Å². The molecule has 0 aromatic carbocycles. The lowest BCUT2D eigenvalue weighted by Crippen LogP contribution is -2.25. The van der Waals surface area contributed by atoms with Crippen LogP contribution in [0.1, 0.15) is 24.3 Å². The summed E-state index contributed by atoms with van der Waals surface area (Å²) in [5.41, 5.74) is 0.466. The minimum Gasteiger partial charge on any atom is -0.464 e. The van der Waals surface area contributed by atoms with Crippen LogP contribution in [0.2, 0.25) is 0 Å². The first-order valence-corrected chi connectivity index (χ1v) is 6.58. The normalized spacial score (nSPS) is 10.9. The number of hydrogen-bond acceptors (Lipinski definition) is 4. The Morgan fingerprint density at radius 1 is 1.39 bits per heavy atom. The van der Waals surface area contributed by atoms with Crippen molar-refractivity contribution >= 4 is 21.9 Å². The maximum absolute atomic E-state index is 11.6. The molecule has 0 N–H and O–H groups in total. The third-order valence-electron chi connectivity index (χ3n) is 2.31. The molecule has 0 aliphatic rings. The maximum atomic E-state index is 11.6. The Bertz CT molecular complexity index is 385. The molecule has 0 fully saturated rings. The highest BCUT2D eigenvalue weighted by molar-refractivity contribution is 9.10. The molecule has 0 bridgehead atoms. The number of carbonyl (C=O) groups is 1. The van der Waals surface area contributed by atoms with Crippen molar-refractivity contribution in [3.05, 3.63) is 22.4 Å². The lowest BCUT2D eigenvalue weighted by Gasteiger charge is -2.18. The fraction of sp³-hybridized carbons (Fsp3) is 0.583. The van der Waals surface area contributed by atoms with Crippen LogP contribution < -0.4 is 0 Å². The molecule has 1 rings (SSSR count). The van der Waals surface area contributed by atoms with Gasteiger partial charge in [-0.15, -0.1) is 0 Å². The van der Waals surface area contributed by atoms with Gasteiger partial charge in [0.05, 0.1) is 13.7 Å². The summed E-state index contributed by atoms with van der Waals surface area (Å²) in [6.45, 7) is 5.36. The standard InChI is InChI=1S/C12H18BrNO4/c1-4-17-11(18-5-2)8-14-7-9(13)6-10(14)12(15)16-3/h6-7,11H,4-5,8H2,1-3H3. The van der Waals surface area contributed by atoms with E-state index in [1.165, 1.54) is 7.11 Å². The van der Waals surface area contributed by atoms with Gasteiger partial charge in [-0.05, 0) is 35.8 Å². The highest BCUT2D eigenvalue weighted by Gasteiger charge is 2.17. The third-order valence-corrected chi connectivity index (χ3v) is 2.74. The van der Waals surface area contributed by atoms with Crippen molar-refractivity contribution in [3.8, 4) is 0 Å². The lowest BCUT2D eigenvalue weighted by atomic mass is 10.4. The topological polar surface area (TPSA) is 49.7 Å². The Balaban J connectivity index is 2.84. The van der Waals surface area contributed by atoms with E-state index < -0.39 is 0 Å². The van der Waals surface area contributed by atoms with E-state index in [2.05, 4.69) is 15.9 Å². The number of halogens is 1. The van der Waals surface area contributed by atoms with Gasteiger partial charge >= 0.3 is 5.97 Å². The number of esters is 1. The largest absolute Gasteiger partial charge is 0.464 e. The molecule has 0 atom stereocenters. The number of ether oxygens (including phenoxy) is 3. The molecule has 0 unspecified atom stereocenters. The van der Waals surface area contributed by atoms with Gasteiger partial charge < -0.3 is 18.8 Å². The summed E-state index contributed by atoms with van der Waals surface area (Å²) in [5.74, 6) is -0.382. The first kappa shape index (κ1) is 15.2. The molecule has 0 spiro atoms. The molecule has 0 amide bonds. The van der Waals surface area contributed by atoms with Crippen LogP contribution >= 0.6 is 15.9 Å². The van der Waals surface area contributed by atoms with Crippen LogP contribution in [0.3, 0.4) is 0 Å². The molecule has 6 heteroatoms. The maximum Gasteiger partial charge on any atom is 0.354 e. The summed E-state index contributed by atoms with van der Waals surface area (Å²) in [5, 5.41) is 0. The molecular weight excluding hydrogens is 302 g/mol. The van der Waals surface area contributed by atoms with Crippen LogP contribution in [-0.4, -0.2) is 37.1 Å². The SMILES string of the molecule is CCOC(Cn1cc(Br)cc1C(=O)OC)OCC. The molecular formula is C12H18BrNO4. The summed E-state index contributed by atoms with van der Waals surface area (Å²) in [6.07, 6.45) is 1.43. The predicted molar refractivity (Wildman–Crippen MR) is 70.5 cm³/mol. The van der Waals surface area contributed by atoms with E-state index in [0.29, 0.717) is 25.5 Å². The van der Waals surface area contributed by atoms with E-state index >= 15 is 0 Å². The summed E-state index contributed by atoms with van der Waals surface area (Å²) in [7, 11) is 1.36. The lowest BCUT2D eigenvalue weighted by molar-refractivity contribution is -0.143. The molecule has 1 heterocycles. The first-order chi connectivity index (χ1) is 8.62. The van der Waals surface area contributed by atoms with Crippen molar-refractivity contribution in [2.75, 3.05) is 20.3 Å². The van der Waals surface area contributed by atoms with Crippen LogP contribution in [0.4, 0.5) is 0 Å². The van der Waals surface area contributed by atoms with E-state index in [-0.39, 0.29) is 12.3 Å². The fourth-order valence-electron chi connectivity index (χ4n) is 1.59. The van der Waals surface area contributed by atoms with E-state index in [0.717, 1.165) is 4.47 Å². The molecule has 0 radical (unpaired) electrons. The van der Waals surface area contributed by atoms with Gasteiger partial charge in [0.15, 0.2) is 6.29 Å². The average molecular weight is 320 g/mol. The second-order valence-electron chi connectivity index (χ2n) is 3.53. The van der Waals surface area contributed by atoms with Crippen molar-refractivity contribution in [2.24, 2.45) is 0 Å². The average Bonchev–Trinajstić information content (AvgIpc) is 2.70. The number of rotatable bonds is 7. The molecule has 0 aliphatic heterocycles. The number of nitrogens with zero attached hydrogens (tertiary/aromatic N) is 1. The monoisotopic (exact) mass is 319 g/mol. The van der Waals surface area contributed by atoms with Gasteiger partial charge in [-0.1, -0.05) is 0 Å². The molecule has 1 aromatic heterocycles. The van der Waals surface area contributed by atoms with Crippen molar-refractivity contribution < 1.29 is 19.0 Å². The minimum absolute atomic E-state index is 0.372. The zero-order valence-electron chi connectivity index (χ0n) is 10.8. The van der Waals surface area contributed by atoms with Gasteiger partial charge in [-0.2, -0.15) is 0 Å². The number of hydrogen-bond donors (Lipinski definition) is 0. The fourth-order valence-corrected chi connectivity index (χ4v) is 2.05. The molecule has 102 valence electrons.